The normalized spacial score (nSPS) is 17.0. The van der Waals surface area contributed by atoms with Crippen LogP contribution in [0.5, 0.6) is 0 Å². The lowest BCUT2D eigenvalue weighted by molar-refractivity contribution is 0.122. The summed E-state index contributed by atoms with van der Waals surface area (Å²) in [7, 11) is 0. The molecule has 2 aromatic rings. The van der Waals surface area contributed by atoms with Gasteiger partial charge < -0.3 is 5.73 Å². The second kappa shape index (κ2) is 6.74. The lowest BCUT2D eigenvalue weighted by atomic mass is 10.1. The van der Waals surface area contributed by atoms with Crippen molar-refractivity contribution in [2.75, 3.05) is 31.9 Å². The molecule has 0 aromatic heterocycles. The van der Waals surface area contributed by atoms with Crippen molar-refractivity contribution in [2.45, 2.75) is 13.1 Å². The summed E-state index contributed by atoms with van der Waals surface area (Å²) < 4.78 is 0. The van der Waals surface area contributed by atoms with E-state index in [1.807, 2.05) is 12.1 Å². The number of nitrogen functional groups attached to an aromatic ring is 1. The Morgan fingerprint density at radius 1 is 0.714 bits per heavy atom. The maximum absolute atomic E-state index is 6.03. The number of hydrogen-bond acceptors (Lipinski definition) is 3. The molecule has 0 saturated carbocycles. The molecule has 0 spiro atoms. The van der Waals surface area contributed by atoms with E-state index in [4.69, 9.17) is 5.73 Å². The molecule has 3 heteroatoms. The molecule has 3 nitrogen and oxygen atoms in total. The van der Waals surface area contributed by atoms with Crippen molar-refractivity contribution in [3.05, 3.63) is 65.7 Å². The average molecular weight is 281 g/mol. The Labute approximate surface area is 127 Å². The molecular formula is C18H23N3. The summed E-state index contributed by atoms with van der Waals surface area (Å²) in [5, 5.41) is 0. The first-order chi connectivity index (χ1) is 10.3. The van der Waals surface area contributed by atoms with Crippen LogP contribution in [0, 0.1) is 0 Å². The second-order valence-corrected chi connectivity index (χ2v) is 5.74. The Hall–Kier alpha value is -1.84. The van der Waals surface area contributed by atoms with Crippen LogP contribution in [0.3, 0.4) is 0 Å². The molecule has 1 fully saturated rings. The van der Waals surface area contributed by atoms with Crippen molar-refractivity contribution in [2.24, 2.45) is 0 Å². The summed E-state index contributed by atoms with van der Waals surface area (Å²) in [6, 6.07) is 18.9. The molecule has 1 saturated heterocycles. The molecule has 0 radical (unpaired) electrons. The molecule has 1 heterocycles. The molecule has 110 valence electrons. The highest BCUT2D eigenvalue weighted by atomic mass is 15.3. The molecule has 0 unspecified atom stereocenters. The standard InChI is InChI=1S/C18H23N3/c19-18-9-5-4-8-17(18)15-21-12-10-20(11-13-21)14-16-6-2-1-3-7-16/h1-9H,10-15,19H2. The van der Waals surface area contributed by atoms with E-state index >= 15 is 0 Å². The summed E-state index contributed by atoms with van der Waals surface area (Å²) in [4.78, 5) is 5.02. The van der Waals surface area contributed by atoms with Crippen LogP contribution < -0.4 is 5.73 Å². The lowest BCUT2D eigenvalue weighted by Gasteiger charge is -2.35. The minimum atomic E-state index is 0.907. The van der Waals surface area contributed by atoms with Crippen LogP contribution in [-0.4, -0.2) is 36.0 Å². The van der Waals surface area contributed by atoms with E-state index < -0.39 is 0 Å². The fourth-order valence-electron chi connectivity index (χ4n) is 2.87. The number of para-hydroxylation sites is 1. The van der Waals surface area contributed by atoms with Gasteiger partial charge in [0.1, 0.15) is 0 Å². The monoisotopic (exact) mass is 281 g/mol. The molecule has 0 aliphatic carbocycles. The molecule has 2 aromatic carbocycles. The summed E-state index contributed by atoms with van der Waals surface area (Å²) in [5.41, 5.74) is 9.58. The molecular weight excluding hydrogens is 258 g/mol. The Bertz CT molecular complexity index is 560. The van der Waals surface area contributed by atoms with E-state index in [9.17, 15) is 0 Å². The first-order valence-electron chi connectivity index (χ1n) is 7.63. The van der Waals surface area contributed by atoms with Crippen LogP contribution >= 0.6 is 0 Å². The van der Waals surface area contributed by atoms with Crippen LogP contribution in [0.2, 0.25) is 0 Å². The zero-order chi connectivity index (χ0) is 14.5. The van der Waals surface area contributed by atoms with E-state index in [0.29, 0.717) is 0 Å². The second-order valence-electron chi connectivity index (χ2n) is 5.74. The van der Waals surface area contributed by atoms with Crippen molar-refractivity contribution in [3.63, 3.8) is 0 Å². The third-order valence-electron chi connectivity index (χ3n) is 4.16. The average Bonchev–Trinajstić information content (AvgIpc) is 2.52. The predicted octanol–water partition coefficient (Wildman–Crippen LogP) is 2.59. The van der Waals surface area contributed by atoms with Crippen molar-refractivity contribution in [3.8, 4) is 0 Å². The number of benzene rings is 2. The van der Waals surface area contributed by atoms with Gasteiger partial charge in [0.05, 0.1) is 0 Å². The number of anilines is 1. The fourth-order valence-corrected chi connectivity index (χ4v) is 2.87. The SMILES string of the molecule is Nc1ccccc1CN1CCN(Cc2ccccc2)CC1. The van der Waals surface area contributed by atoms with E-state index in [0.717, 1.165) is 45.0 Å². The van der Waals surface area contributed by atoms with Gasteiger partial charge in [0.2, 0.25) is 0 Å². The summed E-state index contributed by atoms with van der Waals surface area (Å²) in [5.74, 6) is 0. The zero-order valence-electron chi connectivity index (χ0n) is 12.4. The quantitative estimate of drug-likeness (QED) is 0.874. The van der Waals surface area contributed by atoms with E-state index in [1.54, 1.807) is 0 Å². The molecule has 1 aliphatic rings. The molecule has 0 bridgehead atoms. The van der Waals surface area contributed by atoms with E-state index in [-0.39, 0.29) is 0 Å². The molecule has 0 amide bonds. The molecule has 2 N–H and O–H groups in total. The molecule has 3 rings (SSSR count). The highest BCUT2D eigenvalue weighted by Gasteiger charge is 2.17. The van der Waals surface area contributed by atoms with Crippen molar-refractivity contribution >= 4 is 5.69 Å². The van der Waals surface area contributed by atoms with Gasteiger partial charge >= 0.3 is 0 Å². The van der Waals surface area contributed by atoms with Crippen LogP contribution in [0.4, 0.5) is 5.69 Å². The first kappa shape index (κ1) is 14.1. The number of nitrogens with zero attached hydrogens (tertiary/aromatic N) is 2. The maximum atomic E-state index is 6.03. The summed E-state index contributed by atoms with van der Waals surface area (Å²) in [6.45, 7) is 6.50. The van der Waals surface area contributed by atoms with Gasteiger partial charge in [-0.2, -0.15) is 0 Å². The van der Waals surface area contributed by atoms with Crippen molar-refractivity contribution in [1.29, 1.82) is 0 Å². The van der Waals surface area contributed by atoms with Gasteiger partial charge in [-0.15, -0.1) is 0 Å². The maximum Gasteiger partial charge on any atom is 0.0359 e. The Morgan fingerprint density at radius 3 is 1.95 bits per heavy atom. The van der Waals surface area contributed by atoms with Gasteiger partial charge in [0.25, 0.3) is 0 Å². The minimum absolute atomic E-state index is 0.907. The Balaban J connectivity index is 1.50. The summed E-state index contributed by atoms with van der Waals surface area (Å²) in [6.07, 6.45) is 0. The van der Waals surface area contributed by atoms with Gasteiger partial charge in [-0.05, 0) is 17.2 Å². The number of piperazine rings is 1. The highest BCUT2D eigenvalue weighted by molar-refractivity contribution is 5.46. The minimum Gasteiger partial charge on any atom is -0.398 e. The van der Waals surface area contributed by atoms with Gasteiger partial charge in [-0.25, -0.2) is 0 Å². The van der Waals surface area contributed by atoms with Gasteiger partial charge in [-0.3, -0.25) is 9.80 Å². The van der Waals surface area contributed by atoms with E-state index in [2.05, 4.69) is 52.3 Å². The Kier molecular flexibility index (Phi) is 4.53. The van der Waals surface area contributed by atoms with E-state index in [1.165, 1.54) is 11.1 Å². The largest absolute Gasteiger partial charge is 0.398 e. The molecule has 1 aliphatic heterocycles. The van der Waals surface area contributed by atoms with Crippen molar-refractivity contribution in [1.82, 2.24) is 9.80 Å². The van der Waals surface area contributed by atoms with Crippen LogP contribution in [-0.2, 0) is 13.1 Å². The number of rotatable bonds is 4. The Morgan fingerprint density at radius 2 is 1.29 bits per heavy atom. The van der Waals surface area contributed by atoms with Gasteiger partial charge in [0, 0.05) is 45.0 Å². The third-order valence-corrected chi connectivity index (χ3v) is 4.16. The molecule has 0 atom stereocenters. The summed E-state index contributed by atoms with van der Waals surface area (Å²) >= 11 is 0. The van der Waals surface area contributed by atoms with Crippen molar-refractivity contribution < 1.29 is 0 Å². The van der Waals surface area contributed by atoms with Crippen LogP contribution in [0.25, 0.3) is 0 Å². The van der Waals surface area contributed by atoms with Gasteiger partial charge in [-0.1, -0.05) is 48.5 Å². The first-order valence-corrected chi connectivity index (χ1v) is 7.63. The fraction of sp³-hybridized carbons (Fsp3) is 0.333. The van der Waals surface area contributed by atoms with Crippen LogP contribution in [0.15, 0.2) is 54.6 Å². The highest BCUT2D eigenvalue weighted by Crippen LogP contribution is 2.15. The topological polar surface area (TPSA) is 32.5 Å². The third kappa shape index (κ3) is 3.84. The predicted molar refractivity (Wildman–Crippen MR) is 87.9 cm³/mol. The van der Waals surface area contributed by atoms with Crippen LogP contribution in [0.1, 0.15) is 11.1 Å². The molecule has 21 heavy (non-hydrogen) atoms. The number of hydrogen-bond donors (Lipinski definition) is 1. The number of nitrogens with two attached hydrogens (primary N) is 1. The smallest absolute Gasteiger partial charge is 0.0359 e. The zero-order valence-corrected chi connectivity index (χ0v) is 12.4. The van der Waals surface area contributed by atoms with Gasteiger partial charge in [0.15, 0.2) is 0 Å². The lowest BCUT2D eigenvalue weighted by Crippen LogP contribution is -2.45.